The van der Waals surface area contributed by atoms with Crippen LogP contribution in [0.4, 0.5) is 5.69 Å². The van der Waals surface area contributed by atoms with E-state index in [9.17, 15) is 18.0 Å². The van der Waals surface area contributed by atoms with Gasteiger partial charge in [-0.2, -0.15) is 0 Å². The summed E-state index contributed by atoms with van der Waals surface area (Å²) in [4.78, 5) is 27.9. The standard InChI is InChI=1S/C27H39N3O5S/c1-20-12-8-9-13-22(20)19-29(21(2)26(32)28-27(3,4)5)25(31)16-11-17-30(36(7,33)34)23-14-10-15-24(18-23)35-6/h8-10,12-15,18,21H,11,16-17,19H2,1-7H3,(H,28,32)/t21-/m0/s1. The number of sulfonamides is 1. The molecule has 0 spiro atoms. The normalized spacial score (nSPS) is 12.5. The minimum atomic E-state index is -3.58. The van der Waals surface area contributed by atoms with Crippen LogP contribution in [0.2, 0.25) is 0 Å². The number of carbonyl (C=O) groups is 2. The maximum absolute atomic E-state index is 13.4. The van der Waals surface area contributed by atoms with Gasteiger partial charge in [0.25, 0.3) is 0 Å². The van der Waals surface area contributed by atoms with E-state index in [1.165, 1.54) is 11.4 Å². The van der Waals surface area contributed by atoms with E-state index in [-0.39, 0.29) is 31.3 Å². The van der Waals surface area contributed by atoms with E-state index in [0.29, 0.717) is 17.9 Å². The van der Waals surface area contributed by atoms with Crippen molar-refractivity contribution in [2.45, 2.75) is 65.6 Å². The lowest BCUT2D eigenvalue weighted by atomic mass is 10.1. The third-order valence-corrected chi connectivity index (χ3v) is 6.95. The van der Waals surface area contributed by atoms with Crippen molar-refractivity contribution < 1.29 is 22.7 Å². The quantitative estimate of drug-likeness (QED) is 0.488. The molecule has 1 N–H and O–H groups in total. The van der Waals surface area contributed by atoms with E-state index in [1.54, 1.807) is 36.1 Å². The molecule has 0 aliphatic carbocycles. The predicted octanol–water partition coefficient (Wildman–Crippen LogP) is 3.88. The van der Waals surface area contributed by atoms with Crippen LogP contribution in [-0.2, 0) is 26.2 Å². The van der Waals surface area contributed by atoms with Gasteiger partial charge in [0.15, 0.2) is 0 Å². The van der Waals surface area contributed by atoms with Crippen molar-refractivity contribution >= 4 is 27.5 Å². The summed E-state index contributed by atoms with van der Waals surface area (Å²) in [6, 6.07) is 13.8. The highest BCUT2D eigenvalue weighted by atomic mass is 32.2. The summed E-state index contributed by atoms with van der Waals surface area (Å²) in [5, 5.41) is 2.95. The molecule has 36 heavy (non-hydrogen) atoms. The van der Waals surface area contributed by atoms with Crippen LogP contribution >= 0.6 is 0 Å². The Hall–Kier alpha value is -3.07. The van der Waals surface area contributed by atoms with Crippen molar-refractivity contribution in [3.8, 4) is 5.75 Å². The highest BCUT2D eigenvalue weighted by Gasteiger charge is 2.29. The Morgan fingerprint density at radius 2 is 1.75 bits per heavy atom. The molecule has 2 aromatic carbocycles. The zero-order chi connectivity index (χ0) is 27.1. The largest absolute Gasteiger partial charge is 0.497 e. The summed E-state index contributed by atoms with van der Waals surface area (Å²) in [7, 11) is -2.06. The number of anilines is 1. The van der Waals surface area contributed by atoms with Crippen LogP contribution < -0.4 is 14.4 Å². The third-order valence-electron chi connectivity index (χ3n) is 5.76. The number of benzene rings is 2. The van der Waals surface area contributed by atoms with Gasteiger partial charge in [0, 0.05) is 31.1 Å². The molecule has 0 aliphatic rings. The van der Waals surface area contributed by atoms with Crippen LogP contribution in [-0.4, -0.2) is 56.6 Å². The second kappa shape index (κ2) is 12.3. The molecule has 0 aromatic heterocycles. The molecule has 0 saturated heterocycles. The Kier molecular flexibility index (Phi) is 9.93. The number of aryl methyl sites for hydroxylation is 1. The topological polar surface area (TPSA) is 96.0 Å². The molecule has 9 heteroatoms. The van der Waals surface area contributed by atoms with Gasteiger partial charge in [0.2, 0.25) is 21.8 Å². The fourth-order valence-electron chi connectivity index (χ4n) is 3.80. The molecular weight excluding hydrogens is 478 g/mol. The summed E-state index contributed by atoms with van der Waals surface area (Å²) in [6.07, 6.45) is 1.52. The first-order chi connectivity index (χ1) is 16.7. The first-order valence-corrected chi connectivity index (χ1v) is 13.9. The number of hydrogen-bond donors (Lipinski definition) is 1. The molecule has 0 aliphatic heterocycles. The fourth-order valence-corrected chi connectivity index (χ4v) is 4.75. The molecule has 0 saturated carbocycles. The van der Waals surface area contributed by atoms with Crippen LogP contribution in [0.5, 0.6) is 5.75 Å². The van der Waals surface area contributed by atoms with Gasteiger partial charge in [-0.05, 0) is 64.3 Å². The fraction of sp³-hybridized carbons (Fsp3) is 0.481. The van der Waals surface area contributed by atoms with Crippen molar-refractivity contribution in [1.29, 1.82) is 0 Å². The van der Waals surface area contributed by atoms with Gasteiger partial charge < -0.3 is 15.0 Å². The van der Waals surface area contributed by atoms with Gasteiger partial charge in [-0.25, -0.2) is 8.42 Å². The van der Waals surface area contributed by atoms with Gasteiger partial charge in [-0.3, -0.25) is 13.9 Å². The van der Waals surface area contributed by atoms with Crippen LogP contribution in [0.15, 0.2) is 48.5 Å². The van der Waals surface area contributed by atoms with E-state index in [2.05, 4.69) is 5.32 Å². The molecule has 198 valence electrons. The van der Waals surface area contributed by atoms with Crippen molar-refractivity contribution in [3.05, 3.63) is 59.7 Å². The minimum absolute atomic E-state index is 0.0923. The third kappa shape index (κ3) is 8.55. The first-order valence-electron chi connectivity index (χ1n) is 12.0. The van der Waals surface area contributed by atoms with E-state index in [4.69, 9.17) is 4.74 Å². The zero-order valence-electron chi connectivity index (χ0n) is 22.4. The van der Waals surface area contributed by atoms with E-state index < -0.39 is 21.6 Å². The Bertz CT molecular complexity index is 1160. The van der Waals surface area contributed by atoms with E-state index >= 15 is 0 Å². The second-order valence-electron chi connectivity index (χ2n) is 10.0. The Morgan fingerprint density at radius 1 is 1.08 bits per heavy atom. The monoisotopic (exact) mass is 517 g/mol. The number of rotatable bonds is 11. The summed E-state index contributed by atoms with van der Waals surface area (Å²) in [5.41, 5.74) is 2.02. The second-order valence-corrected chi connectivity index (χ2v) is 11.9. The molecule has 2 aromatic rings. The highest BCUT2D eigenvalue weighted by Crippen LogP contribution is 2.24. The SMILES string of the molecule is COc1cccc(N(CCCC(=O)N(Cc2ccccc2C)[C@@H](C)C(=O)NC(C)(C)C)S(C)(=O)=O)c1. The molecule has 8 nitrogen and oxygen atoms in total. The van der Waals surface area contributed by atoms with E-state index in [0.717, 1.165) is 17.4 Å². The average Bonchev–Trinajstić information content (AvgIpc) is 2.78. The van der Waals surface area contributed by atoms with Crippen LogP contribution in [0.3, 0.4) is 0 Å². The lowest BCUT2D eigenvalue weighted by Gasteiger charge is -2.32. The maximum Gasteiger partial charge on any atom is 0.242 e. The zero-order valence-corrected chi connectivity index (χ0v) is 23.2. The number of amides is 2. The van der Waals surface area contributed by atoms with Gasteiger partial charge >= 0.3 is 0 Å². The molecule has 0 heterocycles. The van der Waals surface area contributed by atoms with E-state index in [1.807, 2.05) is 52.0 Å². The smallest absolute Gasteiger partial charge is 0.242 e. The Labute approximate surface area is 215 Å². The van der Waals surface area contributed by atoms with Crippen LogP contribution in [0.25, 0.3) is 0 Å². The molecule has 1 atom stereocenters. The van der Waals surface area contributed by atoms with Gasteiger partial charge in [0.1, 0.15) is 11.8 Å². The van der Waals surface area contributed by atoms with Crippen LogP contribution in [0, 0.1) is 6.92 Å². The Balaban J connectivity index is 2.21. The van der Waals surface area contributed by atoms with Crippen molar-refractivity contribution in [2.24, 2.45) is 0 Å². The van der Waals surface area contributed by atoms with Gasteiger partial charge in [0.05, 0.1) is 19.1 Å². The van der Waals surface area contributed by atoms with Crippen molar-refractivity contribution in [3.63, 3.8) is 0 Å². The number of carbonyl (C=O) groups excluding carboxylic acids is 2. The lowest BCUT2D eigenvalue weighted by Crippen LogP contribution is -2.52. The summed E-state index contributed by atoms with van der Waals surface area (Å²) >= 11 is 0. The van der Waals surface area contributed by atoms with Crippen molar-refractivity contribution in [2.75, 3.05) is 24.2 Å². The molecule has 2 rings (SSSR count). The Morgan fingerprint density at radius 3 is 2.33 bits per heavy atom. The summed E-state index contributed by atoms with van der Waals surface area (Å²) < 4.78 is 31.5. The minimum Gasteiger partial charge on any atom is -0.497 e. The predicted molar refractivity (Wildman–Crippen MR) is 144 cm³/mol. The highest BCUT2D eigenvalue weighted by molar-refractivity contribution is 7.92. The summed E-state index contributed by atoms with van der Waals surface area (Å²) in [5.74, 6) is 0.0906. The molecule has 0 radical (unpaired) electrons. The van der Waals surface area contributed by atoms with Gasteiger partial charge in [-0.1, -0.05) is 30.3 Å². The lowest BCUT2D eigenvalue weighted by molar-refractivity contribution is -0.141. The number of methoxy groups -OCH3 is 1. The first kappa shape index (κ1) is 29.2. The number of nitrogens with zero attached hydrogens (tertiary/aromatic N) is 2. The molecule has 0 bridgehead atoms. The van der Waals surface area contributed by atoms with Crippen molar-refractivity contribution in [1.82, 2.24) is 10.2 Å². The summed E-state index contributed by atoms with van der Waals surface area (Å²) in [6.45, 7) is 9.77. The molecule has 0 fully saturated rings. The van der Waals surface area contributed by atoms with Crippen LogP contribution in [0.1, 0.15) is 51.7 Å². The number of nitrogens with one attached hydrogen (secondary N) is 1. The number of ether oxygens (including phenoxy) is 1. The average molecular weight is 518 g/mol. The maximum atomic E-state index is 13.4. The van der Waals surface area contributed by atoms with Gasteiger partial charge in [-0.15, -0.1) is 0 Å². The molecule has 0 unspecified atom stereocenters. The number of hydrogen-bond acceptors (Lipinski definition) is 5. The molecule has 2 amide bonds. The molecular formula is C27H39N3O5S.